The largest absolute Gasteiger partial charge is 0.421 e. The Morgan fingerprint density at radius 1 is 1.00 bits per heavy atom. The Hall–Kier alpha value is -2.73. The lowest BCUT2D eigenvalue weighted by Gasteiger charge is -2.30. The molecule has 1 amide bonds. The summed E-state index contributed by atoms with van der Waals surface area (Å²) in [5.41, 5.74) is 0.256. The van der Waals surface area contributed by atoms with Crippen LogP contribution < -0.4 is 0 Å². The van der Waals surface area contributed by atoms with Crippen molar-refractivity contribution in [3.8, 4) is 12.3 Å². The molecular formula is C18H17NO2. The Bertz CT molecular complexity index is 602. The first-order chi connectivity index (χ1) is 10.1. The second-order valence-electron chi connectivity index (χ2n) is 4.82. The number of terminal acetylenes is 1. The summed E-state index contributed by atoms with van der Waals surface area (Å²) in [4.78, 5) is 13.4. The highest BCUT2D eigenvalue weighted by Crippen LogP contribution is 2.33. The Balaban J connectivity index is 2.58. The van der Waals surface area contributed by atoms with Crippen LogP contribution in [0.25, 0.3) is 0 Å². The van der Waals surface area contributed by atoms with Crippen LogP contribution in [0.2, 0.25) is 0 Å². The van der Waals surface area contributed by atoms with Crippen LogP contribution in [0.3, 0.4) is 0 Å². The number of hydrogen-bond acceptors (Lipinski definition) is 2. The number of hydrogen-bond donors (Lipinski definition) is 0. The quantitative estimate of drug-likeness (QED) is 0.807. The SMILES string of the molecule is C#CC(OC(=O)N(C)C)(c1ccccc1)c1ccccc1. The molecule has 0 aromatic heterocycles. The number of ether oxygens (including phenoxy) is 1. The summed E-state index contributed by atoms with van der Waals surface area (Å²) in [5, 5.41) is 0. The van der Waals surface area contributed by atoms with Gasteiger partial charge in [0.15, 0.2) is 0 Å². The van der Waals surface area contributed by atoms with E-state index in [0.29, 0.717) is 0 Å². The van der Waals surface area contributed by atoms with Crippen molar-refractivity contribution in [3.63, 3.8) is 0 Å². The summed E-state index contributed by atoms with van der Waals surface area (Å²) in [7, 11) is 3.25. The first kappa shape index (κ1) is 14.7. The maximum atomic E-state index is 12.1. The van der Waals surface area contributed by atoms with Crippen molar-refractivity contribution in [1.29, 1.82) is 0 Å². The summed E-state index contributed by atoms with van der Waals surface area (Å²) in [6, 6.07) is 18.7. The maximum absolute atomic E-state index is 12.1. The first-order valence-corrected chi connectivity index (χ1v) is 6.59. The van der Waals surface area contributed by atoms with E-state index in [1.807, 2.05) is 60.7 Å². The fourth-order valence-electron chi connectivity index (χ4n) is 2.05. The van der Waals surface area contributed by atoms with E-state index in [-0.39, 0.29) is 0 Å². The molecule has 0 spiro atoms. The first-order valence-electron chi connectivity index (χ1n) is 6.59. The predicted octanol–water partition coefficient (Wildman–Crippen LogP) is 3.26. The van der Waals surface area contributed by atoms with Crippen LogP contribution in [-0.4, -0.2) is 25.1 Å². The average molecular weight is 279 g/mol. The van der Waals surface area contributed by atoms with Gasteiger partial charge in [0, 0.05) is 25.2 Å². The van der Waals surface area contributed by atoms with Crippen molar-refractivity contribution in [3.05, 3.63) is 71.8 Å². The molecule has 0 atom stereocenters. The van der Waals surface area contributed by atoms with E-state index >= 15 is 0 Å². The zero-order chi connectivity index (χ0) is 15.3. The highest BCUT2D eigenvalue weighted by Gasteiger charge is 2.37. The minimum absolute atomic E-state index is 0.486. The van der Waals surface area contributed by atoms with Crippen LogP contribution in [0, 0.1) is 12.3 Å². The van der Waals surface area contributed by atoms with Crippen LogP contribution in [-0.2, 0) is 10.3 Å². The highest BCUT2D eigenvalue weighted by molar-refractivity contribution is 5.69. The molecule has 0 bridgehead atoms. The molecule has 3 heteroatoms. The fraction of sp³-hybridized carbons (Fsp3) is 0.167. The van der Waals surface area contributed by atoms with Crippen LogP contribution in [0.15, 0.2) is 60.7 Å². The molecule has 0 radical (unpaired) electrons. The summed E-state index contributed by atoms with van der Waals surface area (Å²) in [5.74, 6) is 2.66. The lowest BCUT2D eigenvalue weighted by molar-refractivity contribution is 0.0566. The standard InChI is InChI=1S/C18H17NO2/c1-4-18(21-17(20)19(2)3,15-11-7-5-8-12-15)16-13-9-6-10-14-16/h1,5-14H,2-3H3. The molecule has 21 heavy (non-hydrogen) atoms. The lowest BCUT2D eigenvalue weighted by atomic mass is 9.87. The molecule has 0 fully saturated rings. The van der Waals surface area contributed by atoms with Crippen molar-refractivity contribution in [2.24, 2.45) is 0 Å². The van der Waals surface area contributed by atoms with Gasteiger partial charge in [-0.15, -0.1) is 6.42 Å². The van der Waals surface area contributed by atoms with E-state index in [1.54, 1.807) is 14.1 Å². The lowest BCUT2D eigenvalue weighted by Crippen LogP contribution is -2.36. The number of nitrogens with zero attached hydrogens (tertiary/aromatic N) is 1. The Morgan fingerprint density at radius 3 is 1.76 bits per heavy atom. The smallest absolute Gasteiger partial charge is 0.411 e. The molecule has 0 aliphatic heterocycles. The van der Waals surface area contributed by atoms with Crippen molar-refractivity contribution in [2.75, 3.05) is 14.1 Å². The number of carbonyl (C=O) groups excluding carboxylic acids is 1. The molecular weight excluding hydrogens is 262 g/mol. The molecule has 2 aromatic rings. The average Bonchev–Trinajstić information content (AvgIpc) is 2.54. The molecule has 0 N–H and O–H groups in total. The summed E-state index contributed by atoms with van der Waals surface area (Å²) >= 11 is 0. The van der Waals surface area contributed by atoms with Gasteiger partial charge in [-0.1, -0.05) is 60.7 Å². The Kier molecular flexibility index (Phi) is 4.30. The van der Waals surface area contributed by atoms with Crippen molar-refractivity contribution in [2.45, 2.75) is 5.60 Å². The third-order valence-electron chi connectivity index (χ3n) is 3.17. The summed E-state index contributed by atoms with van der Waals surface area (Å²) in [6.45, 7) is 0. The Morgan fingerprint density at radius 2 is 1.43 bits per heavy atom. The van der Waals surface area contributed by atoms with Gasteiger partial charge in [0.25, 0.3) is 0 Å². The van der Waals surface area contributed by atoms with Gasteiger partial charge in [-0.05, 0) is 5.92 Å². The minimum atomic E-state index is -1.23. The van der Waals surface area contributed by atoms with Gasteiger partial charge in [0.1, 0.15) is 0 Å². The van der Waals surface area contributed by atoms with E-state index in [4.69, 9.17) is 11.2 Å². The van der Waals surface area contributed by atoms with E-state index in [9.17, 15) is 4.79 Å². The van der Waals surface area contributed by atoms with E-state index in [0.717, 1.165) is 11.1 Å². The monoisotopic (exact) mass is 279 g/mol. The van der Waals surface area contributed by atoms with Gasteiger partial charge in [-0.25, -0.2) is 4.79 Å². The van der Waals surface area contributed by atoms with Gasteiger partial charge >= 0.3 is 6.09 Å². The van der Waals surface area contributed by atoms with Crippen molar-refractivity contribution < 1.29 is 9.53 Å². The topological polar surface area (TPSA) is 29.5 Å². The van der Waals surface area contributed by atoms with Gasteiger partial charge < -0.3 is 9.64 Å². The van der Waals surface area contributed by atoms with Gasteiger partial charge in [-0.3, -0.25) is 0 Å². The summed E-state index contributed by atoms with van der Waals surface area (Å²) in [6.07, 6.45) is 5.29. The van der Waals surface area contributed by atoms with Crippen LogP contribution in [0.4, 0.5) is 4.79 Å². The van der Waals surface area contributed by atoms with Gasteiger partial charge in [0.05, 0.1) is 0 Å². The molecule has 2 aromatic carbocycles. The second-order valence-corrected chi connectivity index (χ2v) is 4.82. The van der Waals surface area contributed by atoms with Gasteiger partial charge in [0.2, 0.25) is 5.60 Å². The number of rotatable bonds is 3. The van der Waals surface area contributed by atoms with E-state index in [1.165, 1.54) is 4.90 Å². The molecule has 2 rings (SSSR count). The van der Waals surface area contributed by atoms with E-state index < -0.39 is 11.7 Å². The molecule has 0 aliphatic carbocycles. The number of benzene rings is 2. The third kappa shape index (κ3) is 2.90. The zero-order valence-corrected chi connectivity index (χ0v) is 12.1. The van der Waals surface area contributed by atoms with Gasteiger partial charge in [-0.2, -0.15) is 0 Å². The Labute approximate surface area is 125 Å². The minimum Gasteiger partial charge on any atom is -0.421 e. The van der Waals surface area contributed by atoms with Crippen LogP contribution >= 0.6 is 0 Å². The zero-order valence-electron chi connectivity index (χ0n) is 12.1. The normalized spacial score (nSPS) is 10.5. The fourth-order valence-corrected chi connectivity index (χ4v) is 2.05. The molecule has 0 saturated heterocycles. The number of carbonyl (C=O) groups is 1. The van der Waals surface area contributed by atoms with Crippen molar-refractivity contribution in [1.82, 2.24) is 4.90 Å². The highest BCUT2D eigenvalue weighted by atomic mass is 16.6. The third-order valence-corrected chi connectivity index (χ3v) is 3.17. The summed E-state index contributed by atoms with van der Waals surface area (Å²) < 4.78 is 5.67. The molecule has 0 aliphatic rings. The maximum Gasteiger partial charge on any atom is 0.411 e. The van der Waals surface area contributed by atoms with Crippen LogP contribution in [0.1, 0.15) is 11.1 Å². The predicted molar refractivity (Wildman–Crippen MR) is 82.7 cm³/mol. The molecule has 3 nitrogen and oxygen atoms in total. The molecule has 106 valence electrons. The molecule has 0 saturated carbocycles. The second kappa shape index (κ2) is 6.15. The molecule has 0 heterocycles. The number of amides is 1. The molecule has 0 unspecified atom stereocenters. The van der Waals surface area contributed by atoms with Crippen molar-refractivity contribution >= 4 is 6.09 Å². The van der Waals surface area contributed by atoms with Crippen LogP contribution in [0.5, 0.6) is 0 Å². The van der Waals surface area contributed by atoms with E-state index in [2.05, 4.69) is 5.92 Å².